The van der Waals surface area contributed by atoms with Crippen molar-refractivity contribution < 1.29 is 9.47 Å². The molecular weight excluding hydrogens is 262 g/mol. The Kier molecular flexibility index (Phi) is 3.14. The topological polar surface area (TPSA) is 21.5 Å². The van der Waals surface area contributed by atoms with Gasteiger partial charge in [0, 0.05) is 13.1 Å². The Morgan fingerprint density at radius 1 is 1.33 bits per heavy atom. The first kappa shape index (κ1) is 13.4. The summed E-state index contributed by atoms with van der Waals surface area (Å²) in [5.41, 5.74) is 1.25. The van der Waals surface area contributed by atoms with Crippen molar-refractivity contribution in [2.45, 2.75) is 51.2 Å². The first-order valence-electron chi connectivity index (χ1n) is 8.28. The largest absolute Gasteiger partial charge is 0.492 e. The van der Waals surface area contributed by atoms with Crippen LogP contribution < -0.4 is 9.47 Å². The lowest BCUT2D eigenvalue weighted by atomic mass is 9.94. The maximum atomic E-state index is 6.02. The average molecular weight is 287 g/mol. The fourth-order valence-electron chi connectivity index (χ4n) is 3.15. The molecular formula is C18H25NO2. The summed E-state index contributed by atoms with van der Waals surface area (Å²) >= 11 is 0. The molecule has 0 aromatic heterocycles. The smallest absolute Gasteiger partial charge is 0.123 e. The van der Waals surface area contributed by atoms with Gasteiger partial charge in [-0.25, -0.2) is 0 Å². The summed E-state index contributed by atoms with van der Waals surface area (Å²) < 4.78 is 12.0. The Bertz CT molecular complexity index is 536. The molecule has 2 atom stereocenters. The van der Waals surface area contributed by atoms with Gasteiger partial charge in [-0.05, 0) is 69.2 Å². The fraction of sp³-hybridized carbons (Fsp3) is 0.667. The quantitative estimate of drug-likeness (QED) is 0.776. The van der Waals surface area contributed by atoms with Gasteiger partial charge in [0.25, 0.3) is 0 Å². The molecule has 2 aliphatic heterocycles. The van der Waals surface area contributed by atoms with Crippen LogP contribution in [-0.4, -0.2) is 36.2 Å². The lowest BCUT2D eigenvalue weighted by Gasteiger charge is -2.32. The van der Waals surface area contributed by atoms with Gasteiger partial charge in [-0.1, -0.05) is 0 Å². The molecule has 1 saturated carbocycles. The molecule has 1 saturated heterocycles. The minimum absolute atomic E-state index is 0.0350. The lowest BCUT2D eigenvalue weighted by molar-refractivity contribution is 0.0844. The number of nitrogens with zero attached hydrogens (tertiary/aromatic N) is 1. The number of hydrogen-bond acceptors (Lipinski definition) is 3. The van der Waals surface area contributed by atoms with Gasteiger partial charge in [-0.3, -0.25) is 4.90 Å². The Morgan fingerprint density at radius 3 is 3.00 bits per heavy atom. The highest BCUT2D eigenvalue weighted by atomic mass is 16.5. The molecule has 114 valence electrons. The van der Waals surface area contributed by atoms with Gasteiger partial charge in [0.05, 0.1) is 6.04 Å². The summed E-state index contributed by atoms with van der Waals surface area (Å²) in [6, 6.07) is 6.93. The number of benzene rings is 1. The van der Waals surface area contributed by atoms with Crippen molar-refractivity contribution in [3.05, 3.63) is 23.8 Å². The molecule has 0 N–H and O–H groups in total. The standard InChI is InChI=1S/C18H25NO2/c1-18(2)8-7-14-9-16(5-6-17(14)21-18)20-12-15-11-19(15)10-13-3-4-13/h5-6,9,13,15H,3-4,7-8,10-12H2,1-2H3. The number of aryl methyl sites for hydroxylation is 1. The highest BCUT2D eigenvalue weighted by Gasteiger charge is 2.38. The van der Waals surface area contributed by atoms with Gasteiger partial charge in [0.15, 0.2) is 0 Å². The van der Waals surface area contributed by atoms with E-state index in [4.69, 9.17) is 9.47 Å². The van der Waals surface area contributed by atoms with Crippen LogP contribution in [0.2, 0.25) is 0 Å². The van der Waals surface area contributed by atoms with E-state index < -0.39 is 0 Å². The third-order valence-corrected chi connectivity index (χ3v) is 4.87. The zero-order valence-electron chi connectivity index (χ0n) is 13.1. The molecule has 2 fully saturated rings. The van der Waals surface area contributed by atoms with Crippen molar-refractivity contribution in [2.75, 3.05) is 19.7 Å². The summed E-state index contributed by atoms with van der Waals surface area (Å²) in [6.07, 6.45) is 5.02. The van der Waals surface area contributed by atoms with Gasteiger partial charge in [0.2, 0.25) is 0 Å². The fourth-order valence-corrected chi connectivity index (χ4v) is 3.15. The summed E-state index contributed by atoms with van der Waals surface area (Å²) in [5.74, 6) is 3.01. The van der Waals surface area contributed by atoms with Crippen LogP contribution in [0.4, 0.5) is 0 Å². The second kappa shape index (κ2) is 4.91. The van der Waals surface area contributed by atoms with E-state index in [9.17, 15) is 0 Å². The minimum atomic E-state index is -0.0350. The van der Waals surface area contributed by atoms with E-state index in [0.717, 1.165) is 36.9 Å². The number of hydrogen-bond donors (Lipinski definition) is 0. The van der Waals surface area contributed by atoms with Crippen LogP contribution in [0.25, 0.3) is 0 Å². The summed E-state index contributed by atoms with van der Waals surface area (Å²) in [7, 11) is 0. The van der Waals surface area contributed by atoms with Crippen LogP contribution in [0, 0.1) is 5.92 Å². The Labute approximate surface area is 127 Å². The number of ether oxygens (including phenoxy) is 2. The van der Waals surface area contributed by atoms with Crippen LogP contribution in [0.5, 0.6) is 11.5 Å². The lowest BCUT2D eigenvalue weighted by Crippen LogP contribution is -2.32. The van der Waals surface area contributed by atoms with E-state index in [2.05, 4.69) is 30.9 Å². The zero-order chi connectivity index (χ0) is 14.4. The van der Waals surface area contributed by atoms with Crippen molar-refractivity contribution in [2.24, 2.45) is 5.92 Å². The maximum Gasteiger partial charge on any atom is 0.123 e. The van der Waals surface area contributed by atoms with Crippen LogP contribution in [0.15, 0.2) is 18.2 Å². The van der Waals surface area contributed by atoms with E-state index in [1.54, 1.807) is 0 Å². The number of fused-ring (bicyclic) bond motifs is 1. The van der Waals surface area contributed by atoms with E-state index >= 15 is 0 Å². The maximum absolute atomic E-state index is 6.02. The van der Waals surface area contributed by atoms with E-state index in [1.807, 2.05) is 6.07 Å². The number of rotatable bonds is 5. The average Bonchev–Trinajstić information content (AvgIpc) is 3.35. The highest BCUT2D eigenvalue weighted by molar-refractivity contribution is 5.42. The van der Waals surface area contributed by atoms with Crippen molar-refractivity contribution in [1.82, 2.24) is 4.90 Å². The molecule has 0 spiro atoms. The SMILES string of the molecule is CC1(C)CCc2cc(OCC3CN3CC3CC3)ccc2O1. The molecule has 1 aromatic carbocycles. The molecule has 2 unspecified atom stereocenters. The van der Waals surface area contributed by atoms with Crippen LogP contribution in [0.3, 0.4) is 0 Å². The Balaban J connectivity index is 1.32. The first-order chi connectivity index (χ1) is 10.1. The van der Waals surface area contributed by atoms with Crippen molar-refractivity contribution in [1.29, 1.82) is 0 Å². The molecule has 3 heteroatoms. The van der Waals surface area contributed by atoms with Crippen molar-refractivity contribution in [3.63, 3.8) is 0 Å². The molecule has 0 amide bonds. The molecule has 21 heavy (non-hydrogen) atoms. The molecule has 4 rings (SSSR count). The minimum Gasteiger partial charge on any atom is -0.492 e. The van der Waals surface area contributed by atoms with Crippen LogP contribution >= 0.6 is 0 Å². The summed E-state index contributed by atoms with van der Waals surface area (Å²) in [5, 5.41) is 0. The van der Waals surface area contributed by atoms with Crippen LogP contribution in [-0.2, 0) is 6.42 Å². The van der Waals surface area contributed by atoms with Crippen molar-refractivity contribution >= 4 is 0 Å². The molecule has 3 aliphatic rings. The van der Waals surface area contributed by atoms with Crippen LogP contribution in [0.1, 0.15) is 38.7 Å². The van der Waals surface area contributed by atoms with Gasteiger partial charge >= 0.3 is 0 Å². The van der Waals surface area contributed by atoms with Gasteiger partial charge in [-0.15, -0.1) is 0 Å². The predicted octanol–water partition coefficient (Wildman–Crippen LogP) is 3.26. The molecule has 0 bridgehead atoms. The third kappa shape index (κ3) is 3.18. The second-order valence-electron chi connectivity index (χ2n) is 7.49. The second-order valence-corrected chi connectivity index (χ2v) is 7.49. The predicted molar refractivity (Wildman–Crippen MR) is 83.1 cm³/mol. The van der Waals surface area contributed by atoms with Crippen molar-refractivity contribution in [3.8, 4) is 11.5 Å². The van der Waals surface area contributed by atoms with E-state index in [0.29, 0.717) is 6.04 Å². The van der Waals surface area contributed by atoms with Gasteiger partial charge < -0.3 is 9.47 Å². The monoisotopic (exact) mass is 287 g/mol. The highest BCUT2D eigenvalue weighted by Crippen LogP contribution is 2.36. The zero-order valence-corrected chi connectivity index (χ0v) is 13.1. The normalized spacial score (nSPS) is 29.4. The molecule has 3 nitrogen and oxygen atoms in total. The molecule has 1 aromatic rings. The summed E-state index contributed by atoms with van der Waals surface area (Å²) in [4.78, 5) is 2.54. The molecule has 1 aliphatic carbocycles. The molecule has 2 heterocycles. The van der Waals surface area contributed by atoms with Gasteiger partial charge in [0.1, 0.15) is 23.7 Å². The summed E-state index contributed by atoms with van der Waals surface area (Å²) in [6.45, 7) is 7.65. The Hall–Kier alpha value is -1.22. The third-order valence-electron chi connectivity index (χ3n) is 4.87. The van der Waals surface area contributed by atoms with E-state index in [1.165, 1.54) is 31.5 Å². The van der Waals surface area contributed by atoms with Gasteiger partial charge in [-0.2, -0.15) is 0 Å². The van der Waals surface area contributed by atoms with E-state index in [-0.39, 0.29) is 5.60 Å². The Morgan fingerprint density at radius 2 is 2.19 bits per heavy atom. The first-order valence-corrected chi connectivity index (χ1v) is 8.28. The molecule has 0 radical (unpaired) electrons.